The van der Waals surface area contributed by atoms with Gasteiger partial charge < -0.3 is 9.52 Å². The first-order valence-corrected chi connectivity index (χ1v) is 3.32. The maximum Gasteiger partial charge on any atom is 0.316 e. The number of carboxylic acid groups (broad SMARTS) is 1. The van der Waals surface area contributed by atoms with E-state index in [2.05, 4.69) is 0 Å². The summed E-state index contributed by atoms with van der Waals surface area (Å²) in [6.45, 7) is 3.21. The van der Waals surface area contributed by atoms with E-state index >= 15 is 0 Å². The molecule has 0 bridgehead atoms. The summed E-state index contributed by atoms with van der Waals surface area (Å²) < 4.78 is 4.98. The molecular weight excluding hydrogens is 144 g/mol. The summed E-state index contributed by atoms with van der Waals surface area (Å²) in [4.78, 5) is 10.7. The lowest BCUT2D eigenvalue weighted by atomic mass is 9.91. The lowest BCUT2D eigenvalue weighted by Gasteiger charge is -2.14. The van der Waals surface area contributed by atoms with Crippen molar-refractivity contribution in [1.82, 2.24) is 0 Å². The summed E-state index contributed by atoms with van der Waals surface area (Å²) >= 11 is 0. The Morgan fingerprint density at radius 2 is 2.27 bits per heavy atom. The monoisotopic (exact) mass is 154 g/mol. The Kier molecular flexibility index (Phi) is 1.72. The first-order chi connectivity index (χ1) is 5.05. The molecule has 1 rings (SSSR count). The molecule has 0 saturated carbocycles. The molecule has 0 radical (unpaired) electrons. The van der Waals surface area contributed by atoms with E-state index in [0.717, 1.165) is 0 Å². The van der Waals surface area contributed by atoms with Crippen LogP contribution in [0.5, 0.6) is 0 Å². The Labute approximate surface area is 64.6 Å². The largest absolute Gasteiger partial charge is 0.481 e. The zero-order chi connectivity index (χ0) is 8.48. The van der Waals surface area contributed by atoms with E-state index < -0.39 is 11.4 Å². The highest BCUT2D eigenvalue weighted by molar-refractivity contribution is 5.79. The molecule has 0 unspecified atom stereocenters. The second-order valence-electron chi connectivity index (χ2n) is 2.91. The van der Waals surface area contributed by atoms with Gasteiger partial charge in [-0.15, -0.1) is 0 Å². The lowest BCUT2D eigenvalue weighted by Crippen LogP contribution is -2.27. The Balaban J connectivity index is 3.00. The van der Waals surface area contributed by atoms with Crippen molar-refractivity contribution in [2.75, 3.05) is 0 Å². The predicted molar refractivity (Wildman–Crippen MR) is 39.4 cm³/mol. The summed E-state index contributed by atoms with van der Waals surface area (Å²) in [7, 11) is 0. The minimum absolute atomic E-state index is 0.477. The molecule has 0 aliphatic heterocycles. The lowest BCUT2D eigenvalue weighted by molar-refractivity contribution is -0.143. The summed E-state index contributed by atoms with van der Waals surface area (Å²) in [6, 6.07) is 3.34. The summed E-state index contributed by atoms with van der Waals surface area (Å²) in [5.74, 6) is -0.405. The molecule has 0 atom stereocenters. The average Bonchev–Trinajstić information content (AvgIpc) is 2.37. The molecule has 1 aromatic rings. The first kappa shape index (κ1) is 7.85. The normalized spacial score (nSPS) is 11.5. The van der Waals surface area contributed by atoms with Gasteiger partial charge in [-0.2, -0.15) is 0 Å². The number of hydrogen-bond donors (Lipinski definition) is 1. The Bertz CT molecular complexity index is 246. The number of carbonyl (C=O) groups is 1. The zero-order valence-electron chi connectivity index (χ0n) is 6.50. The fourth-order valence-electron chi connectivity index (χ4n) is 0.740. The van der Waals surface area contributed by atoms with E-state index in [0.29, 0.717) is 5.76 Å². The number of rotatable bonds is 2. The minimum Gasteiger partial charge on any atom is -0.481 e. The molecule has 0 aliphatic rings. The third kappa shape index (κ3) is 1.27. The molecule has 3 heteroatoms. The third-order valence-electron chi connectivity index (χ3n) is 1.67. The van der Waals surface area contributed by atoms with E-state index in [1.807, 2.05) is 0 Å². The van der Waals surface area contributed by atoms with E-state index in [1.54, 1.807) is 26.0 Å². The van der Waals surface area contributed by atoms with Gasteiger partial charge in [0, 0.05) is 0 Å². The number of carboxylic acids is 1. The SMILES string of the molecule is CC(C)(C(=O)O)c1ccco1. The quantitative estimate of drug-likeness (QED) is 0.704. The van der Waals surface area contributed by atoms with Crippen LogP contribution in [0.15, 0.2) is 22.8 Å². The van der Waals surface area contributed by atoms with Crippen LogP contribution in [0.25, 0.3) is 0 Å². The maximum atomic E-state index is 10.7. The summed E-state index contributed by atoms with van der Waals surface area (Å²) in [6.07, 6.45) is 1.47. The van der Waals surface area contributed by atoms with Gasteiger partial charge in [0.2, 0.25) is 0 Å². The minimum atomic E-state index is -0.927. The van der Waals surface area contributed by atoms with Gasteiger partial charge in [0.25, 0.3) is 0 Å². The van der Waals surface area contributed by atoms with Gasteiger partial charge in [0.05, 0.1) is 6.26 Å². The van der Waals surface area contributed by atoms with Gasteiger partial charge >= 0.3 is 5.97 Å². The van der Waals surface area contributed by atoms with Crippen LogP contribution in [0.1, 0.15) is 19.6 Å². The second-order valence-corrected chi connectivity index (χ2v) is 2.91. The van der Waals surface area contributed by atoms with Gasteiger partial charge in [0.15, 0.2) is 0 Å². The standard InChI is InChI=1S/C8H10O3/c1-8(2,7(9)10)6-4-3-5-11-6/h3-5H,1-2H3,(H,9,10). The van der Waals surface area contributed by atoms with Gasteiger partial charge in [-0.05, 0) is 26.0 Å². The molecule has 1 heterocycles. The van der Waals surface area contributed by atoms with Crippen LogP contribution in [0.4, 0.5) is 0 Å². The molecule has 3 nitrogen and oxygen atoms in total. The second kappa shape index (κ2) is 2.42. The molecule has 60 valence electrons. The van der Waals surface area contributed by atoms with Crippen LogP contribution in [0, 0.1) is 0 Å². The van der Waals surface area contributed by atoms with Crippen molar-refractivity contribution in [3.8, 4) is 0 Å². The van der Waals surface area contributed by atoms with Gasteiger partial charge in [0.1, 0.15) is 11.2 Å². The molecule has 0 spiro atoms. The van der Waals surface area contributed by atoms with Crippen molar-refractivity contribution < 1.29 is 14.3 Å². The fourth-order valence-corrected chi connectivity index (χ4v) is 0.740. The van der Waals surface area contributed by atoms with Crippen LogP contribution in [0.2, 0.25) is 0 Å². The fraction of sp³-hybridized carbons (Fsp3) is 0.375. The average molecular weight is 154 g/mol. The first-order valence-electron chi connectivity index (χ1n) is 3.32. The molecule has 0 amide bonds. The maximum absolute atomic E-state index is 10.7. The number of hydrogen-bond acceptors (Lipinski definition) is 2. The van der Waals surface area contributed by atoms with Crippen molar-refractivity contribution in [2.45, 2.75) is 19.3 Å². The summed E-state index contributed by atoms with van der Waals surface area (Å²) in [5.41, 5.74) is -0.927. The molecular formula is C8H10O3. The van der Waals surface area contributed by atoms with Crippen LogP contribution in [0.3, 0.4) is 0 Å². The summed E-state index contributed by atoms with van der Waals surface area (Å²) in [5, 5.41) is 8.75. The van der Waals surface area contributed by atoms with Crippen LogP contribution in [-0.4, -0.2) is 11.1 Å². The number of aliphatic carboxylic acids is 1. The van der Waals surface area contributed by atoms with Crippen molar-refractivity contribution in [2.24, 2.45) is 0 Å². The van der Waals surface area contributed by atoms with Crippen molar-refractivity contribution in [3.63, 3.8) is 0 Å². The highest BCUT2D eigenvalue weighted by Crippen LogP contribution is 2.23. The van der Waals surface area contributed by atoms with Crippen molar-refractivity contribution in [1.29, 1.82) is 0 Å². The Morgan fingerprint density at radius 3 is 2.64 bits per heavy atom. The van der Waals surface area contributed by atoms with Crippen LogP contribution >= 0.6 is 0 Å². The third-order valence-corrected chi connectivity index (χ3v) is 1.67. The van der Waals surface area contributed by atoms with E-state index in [-0.39, 0.29) is 0 Å². The highest BCUT2D eigenvalue weighted by Gasteiger charge is 2.31. The smallest absolute Gasteiger partial charge is 0.316 e. The molecule has 0 saturated heterocycles. The molecule has 11 heavy (non-hydrogen) atoms. The highest BCUT2D eigenvalue weighted by atomic mass is 16.4. The van der Waals surface area contributed by atoms with Crippen LogP contribution < -0.4 is 0 Å². The topological polar surface area (TPSA) is 50.4 Å². The zero-order valence-corrected chi connectivity index (χ0v) is 6.50. The van der Waals surface area contributed by atoms with Gasteiger partial charge in [-0.3, -0.25) is 4.79 Å². The Hall–Kier alpha value is -1.25. The Morgan fingerprint density at radius 1 is 1.64 bits per heavy atom. The van der Waals surface area contributed by atoms with Crippen molar-refractivity contribution in [3.05, 3.63) is 24.2 Å². The molecule has 1 aromatic heterocycles. The molecule has 0 aliphatic carbocycles. The van der Waals surface area contributed by atoms with E-state index in [9.17, 15) is 4.79 Å². The molecule has 0 aromatic carbocycles. The van der Waals surface area contributed by atoms with Gasteiger partial charge in [-0.1, -0.05) is 0 Å². The van der Waals surface area contributed by atoms with E-state index in [1.165, 1.54) is 6.26 Å². The number of furan rings is 1. The van der Waals surface area contributed by atoms with E-state index in [4.69, 9.17) is 9.52 Å². The van der Waals surface area contributed by atoms with Gasteiger partial charge in [-0.25, -0.2) is 0 Å². The molecule has 0 fully saturated rings. The molecule has 1 N–H and O–H groups in total. The predicted octanol–water partition coefficient (Wildman–Crippen LogP) is 1.64. The van der Waals surface area contributed by atoms with Crippen LogP contribution in [-0.2, 0) is 10.2 Å². The van der Waals surface area contributed by atoms with Crippen molar-refractivity contribution >= 4 is 5.97 Å².